The molecule has 0 radical (unpaired) electrons. The average Bonchev–Trinajstić information content (AvgIpc) is 3.07. The normalized spacial score (nSPS) is 11.4. The van der Waals surface area contributed by atoms with Crippen molar-refractivity contribution in [3.05, 3.63) is 54.1 Å². The van der Waals surface area contributed by atoms with Gasteiger partial charge in [0.05, 0.1) is 10.9 Å². The fraction of sp³-hybridized carbons (Fsp3) is 0.167. The van der Waals surface area contributed by atoms with E-state index in [1.54, 1.807) is 11.4 Å². The standard InChI is InChI=1S/C18H13F3N2O4/c19-18(20,21)10-22-15(24)9-26-17(25)12-6-7-14-13(8-12)16(27-23-14)11-4-2-1-3-5-11/h1-8H,9-10H2,(H,22,24). The number of nitrogens with zero attached hydrogens (tertiary/aromatic N) is 1. The van der Waals surface area contributed by atoms with Crippen LogP contribution in [0.4, 0.5) is 13.2 Å². The van der Waals surface area contributed by atoms with Crippen molar-refractivity contribution in [3.63, 3.8) is 0 Å². The minimum Gasteiger partial charge on any atom is -0.452 e. The SMILES string of the molecule is O=C(COC(=O)c1ccc2noc(-c3ccccc3)c2c1)NCC(F)(F)F. The van der Waals surface area contributed by atoms with Crippen LogP contribution in [-0.4, -0.2) is 36.4 Å². The predicted molar refractivity (Wildman–Crippen MR) is 88.8 cm³/mol. The molecular weight excluding hydrogens is 365 g/mol. The van der Waals surface area contributed by atoms with Crippen LogP contribution >= 0.6 is 0 Å². The van der Waals surface area contributed by atoms with Gasteiger partial charge in [-0.25, -0.2) is 4.79 Å². The molecule has 3 aromatic rings. The Balaban J connectivity index is 1.71. The van der Waals surface area contributed by atoms with E-state index >= 15 is 0 Å². The van der Waals surface area contributed by atoms with Gasteiger partial charge in [0.25, 0.3) is 5.91 Å². The second-order valence-electron chi connectivity index (χ2n) is 5.58. The molecule has 0 bridgehead atoms. The monoisotopic (exact) mass is 378 g/mol. The van der Waals surface area contributed by atoms with Gasteiger partial charge in [0, 0.05) is 5.56 Å². The Kier molecular flexibility index (Phi) is 5.11. The number of carbonyl (C=O) groups excluding carboxylic acids is 2. The number of hydrogen-bond donors (Lipinski definition) is 1. The van der Waals surface area contributed by atoms with Crippen LogP contribution in [-0.2, 0) is 9.53 Å². The predicted octanol–water partition coefficient (Wildman–Crippen LogP) is 3.33. The first kappa shape index (κ1) is 18.4. The number of benzene rings is 2. The van der Waals surface area contributed by atoms with Crippen molar-refractivity contribution in [2.45, 2.75) is 6.18 Å². The molecule has 1 N–H and O–H groups in total. The summed E-state index contributed by atoms with van der Waals surface area (Å²) in [6.45, 7) is -2.31. The minimum atomic E-state index is -4.53. The number of esters is 1. The van der Waals surface area contributed by atoms with Crippen molar-refractivity contribution < 1.29 is 32.0 Å². The molecule has 0 spiro atoms. The quantitative estimate of drug-likeness (QED) is 0.689. The van der Waals surface area contributed by atoms with Crippen molar-refractivity contribution in [1.82, 2.24) is 10.5 Å². The van der Waals surface area contributed by atoms with E-state index in [4.69, 9.17) is 9.26 Å². The Morgan fingerprint density at radius 1 is 1.11 bits per heavy atom. The number of fused-ring (bicyclic) bond motifs is 1. The Hall–Kier alpha value is -3.36. The first-order valence-corrected chi connectivity index (χ1v) is 7.79. The maximum atomic E-state index is 12.1. The lowest BCUT2D eigenvalue weighted by Gasteiger charge is -2.08. The molecule has 3 rings (SSSR count). The summed E-state index contributed by atoms with van der Waals surface area (Å²) in [7, 11) is 0. The summed E-state index contributed by atoms with van der Waals surface area (Å²) in [6, 6.07) is 13.6. The number of aromatic nitrogens is 1. The van der Waals surface area contributed by atoms with E-state index in [0.29, 0.717) is 16.7 Å². The van der Waals surface area contributed by atoms with E-state index in [1.807, 2.05) is 30.3 Å². The molecule has 1 amide bonds. The molecule has 0 fully saturated rings. The lowest BCUT2D eigenvalue weighted by atomic mass is 10.1. The van der Waals surface area contributed by atoms with Crippen molar-refractivity contribution in [2.75, 3.05) is 13.2 Å². The van der Waals surface area contributed by atoms with Crippen molar-refractivity contribution in [1.29, 1.82) is 0 Å². The largest absolute Gasteiger partial charge is 0.452 e. The lowest BCUT2D eigenvalue weighted by Crippen LogP contribution is -2.36. The minimum absolute atomic E-state index is 0.117. The molecule has 0 saturated carbocycles. The average molecular weight is 378 g/mol. The molecule has 0 atom stereocenters. The third-order valence-electron chi connectivity index (χ3n) is 3.57. The van der Waals surface area contributed by atoms with Crippen molar-refractivity contribution in [2.24, 2.45) is 0 Å². The highest BCUT2D eigenvalue weighted by molar-refractivity contribution is 5.99. The van der Waals surface area contributed by atoms with E-state index in [1.165, 1.54) is 12.1 Å². The molecule has 1 heterocycles. The van der Waals surface area contributed by atoms with Gasteiger partial charge in [-0.05, 0) is 18.2 Å². The fourth-order valence-electron chi connectivity index (χ4n) is 2.33. The van der Waals surface area contributed by atoms with Gasteiger partial charge in [-0.3, -0.25) is 4.79 Å². The second-order valence-corrected chi connectivity index (χ2v) is 5.58. The number of halogens is 3. The van der Waals surface area contributed by atoms with E-state index in [9.17, 15) is 22.8 Å². The van der Waals surface area contributed by atoms with Crippen LogP contribution in [0.2, 0.25) is 0 Å². The molecule has 6 nitrogen and oxygen atoms in total. The summed E-state index contributed by atoms with van der Waals surface area (Å²) < 4.78 is 46.2. The Morgan fingerprint density at radius 3 is 2.56 bits per heavy atom. The molecule has 140 valence electrons. The Bertz CT molecular complexity index is 968. The first-order chi connectivity index (χ1) is 12.8. The topological polar surface area (TPSA) is 81.4 Å². The van der Waals surface area contributed by atoms with Crippen LogP contribution in [0.5, 0.6) is 0 Å². The van der Waals surface area contributed by atoms with Gasteiger partial charge < -0.3 is 14.6 Å². The van der Waals surface area contributed by atoms with Crippen LogP contribution < -0.4 is 5.32 Å². The maximum Gasteiger partial charge on any atom is 0.405 e. The summed E-state index contributed by atoms with van der Waals surface area (Å²) in [6.07, 6.45) is -4.53. The van der Waals surface area contributed by atoms with Crippen molar-refractivity contribution >= 4 is 22.8 Å². The Labute approximate surface area is 150 Å². The summed E-state index contributed by atoms with van der Waals surface area (Å²) in [5, 5.41) is 6.11. The number of ether oxygens (including phenoxy) is 1. The second kappa shape index (κ2) is 7.48. The fourth-order valence-corrected chi connectivity index (χ4v) is 2.33. The van der Waals surface area contributed by atoms with Gasteiger partial charge in [0.15, 0.2) is 12.4 Å². The molecule has 0 aliphatic carbocycles. The number of hydrogen-bond acceptors (Lipinski definition) is 5. The molecule has 0 saturated heterocycles. The molecule has 0 aliphatic rings. The maximum absolute atomic E-state index is 12.1. The highest BCUT2D eigenvalue weighted by Gasteiger charge is 2.27. The number of rotatable bonds is 5. The zero-order chi connectivity index (χ0) is 19.4. The van der Waals surface area contributed by atoms with Gasteiger partial charge in [0.2, 0.25) is 0 Å². The highest BCUT2D eigenvalue weighted by Crippen LogP contribution is 2.29. The van der Waals surface area contributed by atoms with Gasteiger partial charge in [-0.1, -0.05) is 35.5 Å². The van der Waals surface area contributed by atoms with Crippen LogP contribution in [0.1, 0.15) is 10.4 Å². The van der Waals surface area contributed by atoms with Gasteiger partial charge in [-0.2, -0.15) is 13.2 Å². The van der Waals surface area contributed by atoms with Crippen LogP contribution in [0, 0.1) is 0 Å². The molecule has 0 aliphatic heterocycles. The number of nitrogens with one attached hydrogen (secondary N) is 1. The molecule has 0 unspecified atom stereocenters. The van der Waals surface area contributed by atoms with E-state index < -0.39 is 31.2 Å². The van der Waals surface area contributed by atoms with Crippen LogP contribution in [0.25, 0.3) is 22.2 Å². The van der Waals surface area contributed by atoms with Crippen molar-refractivity contribution in [3.8, 4) is 11.3 Å². The van der Waals surface area contributed by atoms with E-state index in [2.05, 4.69) is 5.16 Å². The Morgan fingerprint density at radius 2 is 1.85 bits per heavy atom. The first-order valence-electron chi connectivity index (χ1n) is 7.79. The molecular formula is C18H13F3N2O4. The van der Waals surface area contributed by atoms with Gasteiger partial charge >= 0.3 is 12.1 Å². The summed E-state index contributed by atoms with van der Waals surface area (Å²) in [4.78, 5) is 23.4. The third kappa shape index (κ3) is 4.63. The van der Waals surface area contributed by atoms with E-state index in [-0.39, 0.29) is 5.56 Å². The molecule has 9 heteroatoms. The zero-order valence-corrected chi connectivity index (χ0v) is 13.7. The number of carbonyl (C=O) groups is 2. The number of alkyl halides is 3. The zero-order valence-electron chi connectivity index (χ0n) is 13.7. The molecule has 2 aromatic carbocycles. The van der Waals surface area contributed by atoms with Gasteiger partial charge in [-0.15, -0.1) is 0 Å². The lowest BCUT2D eigenvalue weighted by molar-refractivity contribution is -0.140. The number of amides is 1. The summed E-state index contributed by atoms with van der Waals surface area (Å²) >= 11 is 0. The van der Waals surface area contributed by atoms with Gasteiger partial charge in [0.1, 0.15) is 12.1 Å². The third-order valence-corrected chi connectivity index (χ3v) is 3.57. The molecule has 1 aromatic heterocycles. The summed E-state index contributed by atoms with van der Waals surface area (Å²) in [5.41, 5.74) is 1.40. The summed E-state index contributed by atoms with van der Waals surface area (Å²) in [5.74, 6) is -1.43. The van der Waals surface area contributed by atoms with E-state index in [0.717, 1.165) is 5.56 Å². The smallest absolute Gasteiger partial charge is 0.405 e. The highest BCUT2D eigenvalue weighted by atomic mass is 19.4. The van der Waals surface area contributed by atoms with Crippen LogP contribution in [0.15, 0.2) is 53.1 Å². The van der Waals surface area contributed by atoms with Crippen LogP contribution in [0.3, 0.4) is 0 Å². The molecule has 27 heavy (non-hydrogen) atoms.